The van der Waals surface area contributed by atoms with Crippen molar-refractivity contribution in [1.82, 2.24) is 10.2 Å². The lowest BCUT2D eigenvalue weighted by molar-refractivity contribution is -0.384. The van der Waals surface area contributed by atoms with Gasteiger partial charge in [-0.1, -0.05) is 103 Å². The summed E-state index contributed by atoms with van der Waals surface area (Å²) in [7, 11) is 3.35. The van der Waals surface area contributed by atoms with E-state index in [1.54, 1.807) is 30.0 Å². The van der Waals surface area contributed by atoms with Crippen LogP contribution in [0.15, 0.2) is 133 Å². The number of rotatable bonds is 10. The number of anilines is 1. The molecule has 0 radical (unpaired) electrons. The van der Waals surface area contributed by atoms with Gasteiger partial charge in [0.05, 0.1) is 18.5 Å². The van der Waals surface area contributed by atoms with Gasteiger partial charge < -0.3 is 19.9 Å². The smallest absolute Gasteiger partial charge is 0.269 e. The number of non-ortho nitro benzene ring substituents is 1. The van der Waals surface area contributed by atoms with E-state index in [0.29, 0.717) is 17.0 Å². The van der Waals surface area contributed by atoms with Gasteiger partial charge in [-0.15, -0.1) is 0 Å². The molecule has 1 N–H and O–H groups in total. The molecule has 0 aromatic heterocycles. The monoisotopic (exact) mass is 640 g/mol. The van der Waals surface area contributed by atoms with E-state index < -0.39 is 16.5 Å². The largest absolute Gasteiger partial charge is 0.497 e. The average Bonchev–Trinajstić information content (AvgIpc) is 3.22. The first-order valence-corrected chi connectivity index (χ1v) is 15.7. The third-order valence-corrected chi connectivity index (χ3v) is 8.94. The Labute approximate surface area is 279 Å². The summed E-state index contributed by atoms with van der Waals surface area (Å²) in [5, 5.41) is 15.1. The predicted octanol–water partition coefficient (Wildman–Crippen LogP) is 6.45. The molecule has 0 unspecified atom stereocenters. The molecular formula is C39H36N4O5. The molecule has 0 saturated carbocycles. The Morgan fingerprint density at radius 3 is 1.90 bits per heavy atom. The molecule has 0 spiro atoms. The minimum atomic E-state index is -1.05. The number of nitro benzene ring substituents is 1. The van der Waals surface area contributed by atoms with Gasteiger partial charge in [-0.3, -0.25) is 19.7 Å². The van der Waals surface area contributed by atoms with Crippen molar-refractivity contribution in [2.24, 2.45) is 0 Å². The summed E-state index contributed by atoms with van der Waals surface area (Å²) < 4.78 is 5.30. The van der Waals surface area contributed by atoms with E-state index in [-0.39, 0.29) is 37.0 Å². The SMILES string of the molecule is COc1ccc(CN2Cc3cc([N+](=O)[O-])ccc3N(C)[C@@H](CC(=O)NC(c3ccccc3)(c3ccccc3)c3ccccc3)C2=O)cc1. The number of amides is 2. The van der Waals surface area contributed by atoms with Crippen LogP contribution in [0.3, 0.4) is 0 Å². The Hall–Kier alpha value is -5.96. The Morgan fingerprint density at radius 1 is 0.854 bits per heavy atom. The molecule has 0 fully saturated rings. The van der Waals surface area contributed by atoms with Crippen molar-refractivity contribution in [1.29, 1.82) is 0 Å². The van der Waals surface area contributed by atoms with Crippen LogP contribution in [-0.2, 0) is 28.2 Å². The molecule has 242 valence electrons. The van der Waals surface area contributed by atoms with Crippen molar-refractivity contribution in [3.05, 3.63) is 171 Å². The molecule has 6 rings (SSSR count). The summed E-state index contributed by atoms with van der Waals surface area (Å²) in [5.74, 6) is 0.105. The lowest BCUT2D eigenvalue weighted by atomic mass is 9.77. The average molecular weight is 641 g/mol. The number of hydrogen-bond donors (Lipinski definition) is 1. The van der Waals surface area contributed by atoms with Crippen LogP contribution in [0.25, 0.3) is 0 Å². The van der Waals surface area contributed by atoms with Crippen LogP contribution in [0, 0.1) is 10.1 Å². The fourth-order valence-corrected chi connectivity index (χ4v) is 6.51. The fraction of sp³-hybridized carbons (Fsp3) is 0.179. The van der Waals surface area contributed by atoms with E-state index in [4.69, 9.17) is 4.74 Å². The number of nitro groups is 1. The lowest BCUT2D eigenvalue weighted by Gasteiger charge is -2.38. The molecule has 0 bridgehead atoms. The summed E-state index contributed by atoms with van der Waals surface area (Å²) in [4.78, 5) is 43.5. The highest BCUT2D eigenvalue weighted by Gasteiger charge is 2.41. The summed E-state index contributed by atoms with van der Waals surface area (Å²) in [5.41, 5.74) is 3.65. The topological polar surface area (TPSA) is 105 Å². The first-order valence-electron chi connectivity index (χ1n) is 15.7. The fourth-order valence-electron chi connectivity index (χ4n) is 6.51. The first kappa shape index (κ1) is 32.0. The van der Waals surface area contributed by atoms with Crippen LogP contribution in [0.5, 0.6) is 5.75 Å². The Balaban J connectivity index is 1.39. The molecule has 48 heavy (non-hydrogen) atoms. The number of carbonyl (C=O) groups excluding carboxylic acids is 2. The molecule has 2 amide bonds. The maximum Gasteiger partial charge on any atom is 0.269 e. The quantitative estimate of drug-likeness (QED) is 0.107. The third-order valence-electron chi connectivity index (χ3n) is 8.94. The second-order valence-electron chi connectivity index (χ2n) is 11.8. The van der Waals surface area contributed by atoms with Crippen molar-refractivity contribution in [3.8, 4) is 5.75 Å². The van der Waals surface area contributed by atoms with Gasteiger partial charge in [0, 0.05) is 43.5 Å². The minimum absolute atomic E-state index is 0.0615. The highest BCUT2D eigenvalue weighted by Crippen LogP contribution is 2.38. The lowest BCUT2D eigenvalue weighted by Crippen LogP contribution is -2.52. The Bertz CT molecular complexity index is 1800. The van der Waals surface area contributed by atoms with Crippen LogP contribution in [0.4, 0.5) is 11.4 Å². The zero-order valence-electron chi connectivity index (χ0n) is 26.8. The normalized spacial score (nSPS) is 14.5. The number of nitrogens with one attached hydrogen (secondary N) is 1. The van der Waals surface area contributed by atoms with Crippen molar-refractivity contribution in [3.63, 3.8) is 0 Å². The van der Waals surface area contributed by atoms with Crippen LogP contribution < -0.4 is 15.0 Å². The van der Waals surface area contributed by atoms with E-state index in [0.717, 1.165) is 22.3 Å². The molecule has 1 atom stereocenters. The highest BCUT2D eigenvalue weighted by molar-refractivity contribution is 5.93. The van der Waals surface area contributed by atoms with E-state index >= 15 is 0 Å². The standard InChI is InChI=1S/C39H36N4O5/c1-41-35-23-20-33(43(46)47)24-29(35)27-42(26-28-18-21-34(48-2)22-19-28)38(45)36(41)25-37(44)40-39(30-12-6-3-7-13-30,31-14-8-4-9-15-31)32-16-10-5-11-17-32/h3-24,36H,25-27H2,1-2H3,(H,40,44)/t36-/m0/s1. The van der Waals surface area contributed by atoms with E-state index in [1.165, 1.54) is 12.1 Å². The number of carbonyl (C=O) groups is 2. The number of likely N-dealkylation sites (N-methyl/N-ethyl adjacent to an activating group) is 1. The molecule has 1 heterocycles. The van der Waals surface area contributed by atoms with Gasteiger partial charge in [-0.2, -0.15) is 0 Å². The van der Waals surface area contributed by atoms with Crippen molar-refractivity contribution in [2.45, 2.75) is 31.1 Å². The zero-order valence-corrected chi connectivity index (χ0v) is 26.8. The first-order chi connectivity index (χ1) is 23.3. The number of benzene rings is 5. The second-order valence-corrected chi connectivity index (χ2v) is 11.8. The van der Waals surface area contributed by atoms with Crippen LogP contribution in [-0.4, -0.2) is 41.8 Å². The van der Waals surface area contributed by atoms with Gasteiger partial charge in [0.1, 0.15) is 17.3 Å². The van der Waals surface area contributed by atoms with Gasteiger partial charge in [-0.25, -0.2) is 0 Å². The summed E-state index contributed by atoms with van der Waals surface area (Å²) in [6.07, 6.45) is -0.154. The molecule has 9 nitrogen and oxygen atoms in total. The Kier molecular flexibility index (Phi) is 9.20. The molecular weight excluding hydrogens is 604 g/mol. The summed E-state index contributed by atoms with van der Waals surface area (Å²) >= 11 is 0. The van der Waals surface area contributed by atoms with Crippen molar-refractivity contribution >= 4 is 23.2 Å². The van der Waals surface area contributed by atoms with E-state index in [9.17, 15) is 19.7 Å². The number of fused-ring (bicyclic) bond motifs is 1. The van der Waals surface area contributed by atoms with Crippen LogP contribution in [0.2, 0.25) is 0 Å². The third kappa shape index (κ3) is 6.35. The minimum Gasteiger partial charge on any atom is -0.497 e. The molecule has 0 saturated heterocycles. The van der Waals surface area contributed by atoms with Gasteiger partial charge in [0.2, 0.25) is 11.8 Å². The van der Waals surface area contributed by atoms with Gasteiger partial charge in [-0.05, 0) is 40.5 Å². The van der Waals surface area contributed by atoms with Crippen LogP contribution in [0.1, 0.15) is 34.2 Å². The maximum atomic E-state index is 14.4. The zero-order chi connectivity index (χ0) is 33.7. The van der Waals surface area contributed by atoms with Crippen molar-refractivity contribution in [2.75, 3.05) is 19.1 Å². The van der Waals surface area contributed by atoms with Gasteiger partial charge in [0.15, 0.2) is 0 Å². The van der Waals surface area contributed by atoms with E-state index in [2.05, 4.69) is 5.32 Å². The maximum absolute atomic E-state index is 14.4. The molecule has 9 heteroatoms. The van der Waals surface area contributed by atoms with Crippen molar-refractivity contribution < 1.29 is 19.2 Å². The predicted molar refractivity (Wildman–Crippen MR) is 185 cm³/mol. The molecule has 1 aliphatic heterocycles. The number of ether oxygens (including phenoxy) is 1. The number of hydrogen-bond acceptors (Lipinski definition) is 6. The number of methoxy groups -OCH3 is 1. The van der Waals surface area contributed by atoms with E-state index in [1.807, 2.05) is 115 Å². The number of nitrogens with zero attached hydrogens (tertiary/aromatic N) is 3. The summed E-state index contributed by atoms with van der Waals surface area (Å²) in [6, 6.07) is 40.5. The molecule has 5 aromatic carbocycles. The molecule has 1 aliphatic rings. The second kappa shape index (κ2) is 13.8. The highest BCUT2D eigenvalue weighted by atomic mass is 16.6. The molecule has 0 aliphatic carbocycles. The van der Waals surface area contributed by atoms with Gasteiger partial charge in [0.25, 0.3) is 5.69 Å². The van der Waals surface area contributed by atoms with Gasteiger partial charge >= 0.3 is 0 Å². The van der Waals surface area contributed by atoms with Crippen LogP contribution >= 0.6 is 0 Å². The summed E-state index contributed by atoms with van der Waals surface area (Å²) in [6.45, 7) is 0.394. The Morgan fingerprint density at radius 2 is 1.40 bits per heavy atom. The molecule has 5 aromatic rings.